The molecule has 3 rings (SSSR count). The highest BCUT2D eigenvalue weighted by atomic mass is 16.6. The number of amides is 2. The predicted molar refractivity (Wildman–Crippen MR) is 108 cm³/mol. The molecule has 0 saturated heterocycles. The molecule has 2 amide bonds. The number of carbonyl (C=O) groups excluding carboxylic acids is 2. The summed E-state index contributed by atoms with van der Waals surface area (Å²) in [4.78, 5) is 24.3. The van der Waals surface area contributed by atoms with Crippen LogP contribution in [-0.4, -0.2) is 45.9 Å². The first-order valence-electron chi connectivity index (χ1n) is 9.02. The number of para-hydroxylation sites is 2. The summed E-state index contributed by atoms with van der Waals surface area (Å²) in [6, 6.07) is 10.4. The Morgan fingerprint density at radius 1 is 1.00 bits per heavy atom. The lowest BCUT2D eigenvalue weighted by atomic mass is 10.1. The minimum Gasteiger partial charge on any atom is -0.493 e. The normalized spacial score (nSPS) is 14.7. The van der Waals surface area contributed by atoms with Crippen molar-refractivity contribution in [3.63, 3.8) is 0 Å². The van der Waals surface area contributed by atoms with Gasteiger partial charge in [0.1, 0.15) is 6.61 Å². The number of hydrogen-bond donors (Lipinski definition) is 2. The number of benzene rings is 2. The molecule has 0 aromatic heterocycles. The van der Waals surface area contributed by atoms with Crippen LogP contribution in [0.3, 0.4) is 0 Å². The van der Waals surface area contributed by atoms with Crippen LogP contribution in [0.15, 0.2) is 42.5 Å². The van der Waals surface area contributed by atoms with Crippen molar-refractivity contribution in [2.75, 3.05) is 27.9 Å². The van der Waals surface area contributed by atoms with Gasteiger partial charge in [0.05, 0.1) is 21.3 Å². The third-order valence-electron chi connectivity index (χ3n) is 4.22. The number of fused-ring (bicyclic) bond motifs is 1. The Hall–Kier alpha value is -3.88. The van der Waals surface area contributed by atoms with E-state index in [4.69, 9.17) is 23.7 Å². The molecule has 2 aromatic carbocycles. The second-order valence-corrected chi connectivity index (χ2v) is 6.13. The summed E-state index contributed by atoms with van der Waals surface area (Å²) in [6.45, 7) is 0.0417. The summed E-state index contributed by atoms with van der Waals surface area (Å²) in [5.41, 5.74) is 5.27. The third kappa shape index (κ3) is 4.75. The Morgan fingerprint density at radius 3 is 2.30 bits per heavy atom. The van der Waals surface area contributed by atoms with Crippen molar-refractivity contribution in [1.82, 2.24) is 10.9 Å². The first kappa shape index (κ1) is 20.8. The van der Waals surface area contributed by atoms with Crippen molar-refractivity contribution in [2.45, 2.75) is 6.10 Å². The van der Waals surface area contributed by atoms with E-state index >= 15 is 0 Å². The van der Waals surface area contributed by atoms with E-state index in [1.54, 1.807) is 36.4 Å². The van der Waals surface area contributed by atoms with Gasteiger partial charge in [-0.15, -0.1) is 0 Å². The predicted octanol–water partition coefficient (Wildman–Crippen LogP) is 1.71. The Labute approximate surface area is 173 Å². The molecule has 158 valence electrons. The first-order valence-corrected chi connectivity index (χ1v) is 9.02. The number of hydrogen-bond acceptors (Lipinski definition) is 7. The zero-order chi connectivity index (χ0) is 21.5. The van der Waals surface area contributed by atoms with Gasteiger partial charge in [-0.2, -0.15) is 0 Å². The van der Waals surface area contributed by atoms with Crippen LogP contribution in [0.1, 0.15) is 5.56 Å². The topological polar surface area (TPSA) is 104 Å². The molecule has 9 nitrogen and oxygen atoms in total. The van der Waals surface area contributed by atoms with Gasteiger partial charge in [0.15, 0.2) is 23.0 Å². The molecule has 1 aliphatic heterocycles. The van der Waals surface area contributed by atoms with E-state index in [2.05, 4.69) is 10.9 Å². The monoisotopic (exact) mass is 414 g/mol. The number of ether oxygens (including phenoxy) is 5. The molecule has 0 aliphatic carbocycles. The summed E-state index contributed by atoms with van der Waals surface area (Å²) in [5.74, 6) is 1.34. The van der Waals surface area contributed by atoms with Gasteiger partial charge in [-0.1, -0.05) is 12.1 Å². The lowest BCUT2D eigenvalue weighted by Crippen LogP contribution is -2.50. The number of methoxy groups -OCH3 is 3. The molecule has 0 spiro atoms. The molecule has 0 saturated carbocycles. The molecular formula is C21H22N2O7. The van der Waals surface area contributed by atoms with Gasteiger partial charge in [0, 0.05) is 6.08 Å². The van der Waals surface area contributed by atoms with E-state index < -0.39 is 17.9 Å². The zero-order valence-electron chi connectivity index (χ0n) is 16.8. The van der Waals surface area contributed by atoms with E-state index in [9.17, 15) is 9.59 Å². The van der Waals surface area contributed by atoms with Crippen LogP contribution in [0.2, 0.25) is 0 Å². The van der Waals surface area contributed by atoms with E-state index in [-0.39, 0.29) is 6.61 Å². The van der Waals surface area contributed by atoms with Crippen molar-refractivity contribution in [2.24, 2.45) is 0 Å². The number of hydrazine groups is 1. The van der Waals surface area contributed by atoms with Gasteiger partial charge >= 0.3 is 0 Å². The van der Waals surface area contributed by atoms with Crippen LogP contribution < -0.4 is 34.5 Å². The van der Waals surface area contributed by atoms with Gasteiger partial charge < -0.3 is 23.7 Å². The van der Waals surface area contributed by atoms with Gasteiger partial charge in [-0.05, 0) is 35.9 Å². The number of carbonyl (C=O) groups is 2. The largest absolute Gasteiger partial charge is 0.493 e. The third-order valence-corrected chi connectivity index (χ3v) is 4.22. The van der Waals surface area contributed by atoms with Crippen LogP contribution in [0.25, 0.3) is 6.08 Å². The molecule has 1 heterocycles. The van der Waals surface area contributed by atoms with Crippen molar-refractivity contribution in [3.8, 4) is 28.7 Å². The maximum atomic E-state index is 12.2. The van der Waals surface area contributed by atoms with Gasteiger partial charge in [0.25, 0.3) is 11.8 Å². The summed E-state index contributed by atoms with van der Waals surface area (Å²) in [6.07, 6.45) is 1.93. The molecular weight excluding hydrogens is 392 g/mol. The van der Waals surface area contributed by atoms with Crippen LogP contribution in [0, 0.1) is 0 Å². The second-order valence-electron chi connectivity index (χ2n) is 6.13. The van der Waals surface area contributed by atoms with E-state index in [0.29, 0.717) is 34.3 Å². The van der Waals surface area contributed by atoms with Crippen molar-refractivity contribution in [3.05, 3.63) is 48.0 Å². The summed E-state index contributed by atoms with van der Waals surface area (Å²) in [7, 11) is 4.51. The Bertz CT molecular complexity index is 933. The molecule has 0 bridgehead atoms. The van der Waals surface area contributed by atoms with Gasteiger partial charge in [-0.25, -0.2) is 0 Å². The fourth-order valence-electron chi connectivity index (χ4n) is 2.76. The standard InChI is InChI=1S/C21H22N2O7/c1-26-16-10-13(11-17(27-2)20(16)28-3)8-9-19(24)22-23-21(25)18-12-29-14-6-4-5-7-15(14)30-18/h4-11,18H,12H2,1-3H3,(H,22,24)(H,23,25). The Balaban J connectivity index is 1.57. The van der Waals surface area contributed by atoms with Crippen LogP contribution in [0.5, 0.6) is 28.7 Å². The molecule has 1 unspecified atom stereocenters. The molecule has 0 fully saturated rings. The average molecular weight is 414 g/mol. The van der Waals surface area contributed by atoms with E-state index in [0.717, 1.165) is 0 Å². The van der Waals surface area contributed by atoms with Crippen molar-refractivity contribution in [1.29, 1.82) is 0 Å². The molecule has 2 aromatic rings. The summed E-state index contributed by atoms with van der Waals surface area (Å²) >= 11 is 0. The lowest BCUT2D eigenvalue weighted by Gasteiger charge is -2.25. The Morgan fingerprint density at radius 2 is 1.67 bits per heavy atom. The molecule has 0 radical (unpaired) electrons. The quantitative estimate of drug-likeness (QED) is 0.548. The minimum atomic E-state index is -0.876. The van der Waals surface area contributed by atoms with E-state index in [1.807, 2.05) is 6.07 Å². The first-order chi connectivity index (χ1) is 14.5. The van der Waals surface area contributed by atoms with E-state index in [1.165, 1.54) is 27.4 Å². The molecule has 30 heavy (non-hydrogen) atoms. The second kappa shape index (κ2) is 9.55. The fourth-order valence-corrected chi connectivity index (χ4v) is 2.76. The smallest absolute Gasteiger partial charge is 0.283 e. The highest BCUT2D eigenvalue weighted by molar-refractivity contribution is 5.93. The van der Waals surface area contributed by atoms with Crippen LogP contribution >= 0.6 is 0 Å². The number of rotatable bonds is 6. The highest BCUT2D eigenvalue weighted by Gasteiger charge is 2.27. The average Bonchev–Trinajstić information content (AvgIpc) is 2.79. The SMILES string of the molecule is COc1cc(C=CC(=O)NNC(=O)C2COc3ccccc3O2)cc(OC)c1OC. The molecule has 1 atom stereocenters. The Kier molecular flexibility index (Phi) is 6.63. The highest BCUT2D eigenvalue weighted by Crippen LogP contribution is 2.38. The minimum absolute atomic E-state index is 0.0417. The maximum absolute atomic E-state index is 12.2. The van der Waals surface area contributed by atoms with Crippen LogP contribution in [0.4, 0.5) is 0 Å². The van der Waals surface area contributed by atoms with Crippen molar-refractivity contribution >= 4 is 17.9 Å². The summed E-state index contributed by atoms with van der Waals surface area (Å²) < 4.78 is 26.9. The fraction of sp³-hybridized carbons (Fsp3) is 0.238. The van der Waals surface area contributed by atoms with Crippen LogP contribution in [-0.2, 0) is 9.59 Å². The maximum Gasteiger partial charge on any atom is 0.283 e. The van der Waals surface area contributed by atoms with Gasteiger partial charge in [0.2, 0.25) is 11.9 Å². The summed E-state index contributed by atoms with van der Waals surface area (Å²) in [5, 5.41) is 0. The lowest BCUT2D eigenvalue weighted by molar-refractivity contribution is -0.134. The molecule has 2 N–H and O–H groups in total. The van der Waals surface area contributed by atoms with Crippen molar-refractivity contribution < 1.29 is 33.3 Å². The zero-order valence-corrected chi connectivity index (χ0v) is 16.8. The molecule has 9 heteroatoms. The van der Waals surface area contributed by atoms with Gasteiger partial charge in [-0.3, -0.25) is 20.4 Å². The number of nitrogens with one attached hydrogen (secondary N) is 2. The molecule has 1 aliphatic rings.